The number of hydrogen-bond donors (Lipinski definition) is 4. The van der Waals surface area contributed by atoms with Gasteiger partial charge in [0.05, 0.1) is 24.1 Å². The molecule has 1 aromatic carbocycles. The summed E-state index contributed by atoms with van der Waals surface area (Å²) < 4.78 is 0. The van der Waals surface area contributed by atoms with E-state index in [1.165, 1.54) is 0 Å². The fraction of sp³-hybridized carbons (Fsp3) is 0.400. The molecule has 0 bridgehead atoms. The lowest BCUT2D eigenvalue weighted by molar-refractivity contribution is 0.105. The van der Waals surface area contributed by atoms with Crippen LogP contribution in [0.5, 0.6) is 0 Å². The monoisotopic (exact) mass is 196 g/mol. The molecule has 0 aliphatic rings. The third-order valence-corrected chi connectivity index (χ3v) is 1.95. The van der Waals surface area contributed by atoms with E-state index in [0.717, 1.165) is 11.3 Å². The Hall–Kier alpha value is -1.26. The number of nitrogens with one attached hydrogen (secondary N) is 1. The van der Waals surface area contributed by atoms with Crippen molar-refractivity contribution >= 4 is 11.4 Å². The van der Waals surface area contributed by atoms with E-state index in [4.69, 9.17) is 15.9 Å². The van der Waals surface area contributed by atoms with Gasteiger partial charge in [-0.2, -0.15) is 0 Å². The number of nitrogen functional groups attached to an aromatic ring is 1. The minimum absolute atomic E-state index is 0.251. The zero-order valence-corrected chi connectivity index (χ0v) is 8.20. The molecule has 0 fully saturated rings. The Labute approximate surface area is 83.4 Å². The molecule has 4 nitrogen and oxygen atoms in total. The maximum Gasteiger partial charge on any atom is 0.0942 e. The molecule has 1 aromatic rings. The maximum atomic E-state index is 9.13. The van der Waals surface area contributed by atoms with Gasteiger partial charge in [0, 0.05) is 6.54 Å². The van der Waals surface area contributed by atoms with E-state index < -0.39 is 6.10 Å². The number of benzene rings is 1. The Kier molecular flexibility index (Phi) is 3.73. The van der Waals surface area contributed by atoms with Gasteiger partial charge in [-0.3, -0.25) is 0 Å². The molecule has 4 heteroatoms. The van der Waals surface area contributed by atoms with Crippen LogP contribution in [-0.2, 0) is 0 Å². The highest BCUT2D eigenvalue weighted by molar-refractivity contribution is 5.66. The first kappa shape index (κ1) is 10.8. The van der Waals surface area contributed by atoms with Gasteiger partial charge in [0.15, 0.2) is 0 Å². The van der Waals surface area contributed by atoms with Crippen molar-refractivity contribution in [1.82, 2.24) is 0 Å². The Balaban J connectivity index is 2.62. The lowest BCUT2D eigenvalue weighted by Gasteiger charge is -2.12. The first-order valence-corrected chi connectivity index (χ1v) is 4.52. The second-order valence-corrected chi connectivity index (χ2v) is 3.31. The number of hydrogen-bond acceptors (Lipinski definition) is 4. The zero-order chi connectivity index (χ0) is 10.6. The largest absolute Gasteiger partial charge is 0.397 e. The van der Waals surface area contributed by atoms with Gasteiger partial charge in [0.25, 0.3) is 0 Å². The van der Waals surface area contributed by atoms with E-state index in [9.17, 15) is 0 Å². The molecule has 0 saturated heterocycles. The van der Waals surface area contributed by atoms with Crippen molar-refractivity contribution in [2.45, 2.75) is 13.0 Å². The minimum atomic E-state index is -0.755. The molecule has 0 spiro atoms. The molecule has 1 atom stereocenters. The maximum absolute atomic E-state index is 9.13. The number of aliphatic hydroxyl groups is 2. The van der Waals surface area contributed by atoms with E-state index in [0.29, 0.717) is 12.2 Å². The average molecular weight is 196 g/mol. The van der Waals surface area contributed by atoms with Crippen LogP contribution < -0.4 is 11.1 Å². The van der Waals surface area contributed by atoms with Gasteiger partial charge in [-0.1, -0.05) is 6.07 Å². The number of anilines is 2. The Bertz CT molecular complexity index is 302. The number of rotatable bonds is 4. The number of nitrogens with two attached hydrogens (primary N) is 1. The smallest absolute Gasteiger partial charge is 0.0942 e. The summed E-state index contributed by atoms with van der Waals surface area (Å²) in [4.78, 5) is 0. The van der Waals surface area contributed by atoms with Gasteiger partial charge < -0.3 is 21.3 Å². The second kappa shape index (κ2) is 4.83. The van der Waals surface area contributed by atoms with Gasteiger partial charge in [-0.15, -0.1) is 0 Å². The van der Waals surface area contributed by atoms with Crippen LogP contribution in [0.15, 0.2) is 18.2 Å². The second-order valence-electron chi connectivity index (χ2n) is 3.31. The predicted molar refractivity (Wildman–Crippen MR) is 57.2 cm³/mol. The summed E-state index contributed by atoms with van der Waals surface area (Å²) in [7, 11) is 0. The molecule has 0 aliphatic carbocycles. The first-order valence-electron chi connectivity index (χ1n) is 4.52. The van der Waals surface area contributed by atoms with Crippen molar-refractivity contribution in [3.63, 3.8) is 0 Å². The van der Waals surface area contributed by atoms with E-state index in [2.05, 4.69) is 5.32 Å². The summed E-state index contributed by atoms with van der Waals surface area (Å²) in [6.07, 6.45) is -0.755. The highest BCUT2D eigenvalue weighted by Crippen LogP contribution is 2.19. The van der Waals surface area contributed by atoms with Crippen molar-refractivity contribution in [3.05, 3.63) is 23.8 Å². The lowest BCUT2D eigenvalue weighted by atomic mass is 10.2. The summed E-state index contributed by atoms with van der Waals surface area (Å²) in [5.41, 5.74) is 8.24. The van der Waals surface area contributed by atoms with E-state index in [-0.39, 0.29) is 6.61 Å². The third kappa shape index (κ3) is 2.90. The van der Waals surface area contributed by atoms with Gasteiger partial charge >= 0.3 is 0 Å². The normalized spacial score (nSPS) is 12.5. The topological polar surface area (TPSA) is 78.5 Å². The molecule has 0 amide bonds. The van der Waals surface area contributed by atoms with Crippen LogP contribution in [0, 0.1) is 6.92 Å². The highest BCUT2D eigenvalue weighted by Gasteiger charge is 2.03. The molecule has 0 heterocycles. The van der Waals surface area contributed by atoms with Crippen LogP contribution in [0.4, 0.5) is 11.4 Å². The summed E-state index contributed by atoms with van der Waals surface area (Å²) in [6.45, 7) is 2.01. The van der Waals surface area contributed by atoms with Crippen LogP contribution in [-0.4, -0.2) is 29.5 Å². The summed E-state index contributed by atoms with van der Waals surface area (Å²) in [5.74, 6) is 0. The molecule has 1 rings (SSSR count). The van der Waals surface area contributed by atoms with Crippen LogP contribution in [0.2, 0.25) is 0 Å². The van der Waals surface area contributed by atoms with Gasteiger partial charge in [-0.25, -0.2) is 0 Å². The Morgan fingerprint density at radius 1 is 1.50 bits per heavy atom. The van der Waals surface area contributed by atoms with E-state index in [1.54, 1.807) is 0 Å². The summed E-state index contributed by atoms with van der Waals surface area (Å²) in [5, 5.41) is 20.7. The van der Waals surface area contributed by atoms with E-state index in [1.807, 2.05) is 25.1 Å². The standard InChI is InChI=1S/C10H16N2O2/c1-7-2-3-9(11)10(4-7)12-5-8(14)6-13/h2-4,8,12-14H,5-6,11H2,1H3. The molecule has 78 valence electrons. The van der Waals surface area contributed by atoms with Crippen molar-refractivity contribution in [2.24, 2.45) is 0 Å². The Morgan fingerprint density at radius 3 is 2.86 bits per heavy atom. The van der Waals surface area contributed by atoms with Gasteiger partial charge in [0.2, 0.25) is 0 Å². The van der Waals surface area contributed by atoms with Crippen molar-refractivity contribution in [1.29, 1.82) is 0 Å². The molecular formula is C10H16N2O2. The lowest BCUT2D eigenvalue weighted by Crippen LogP contribution is -2.23. The molecule has 0 radical (unpaired) electrons. The quantitative estimate of drug-likeness (QED) is 0.524. The average Bonchev–Trinajstić information content (AvgIpc) is 2.19. The van der Waals surface area contributed by atoms with Crippen LogP contribution in [0.3, 0.4) is 0 Å². The van der Waals surface area contributed by atoms with Crippen LogP contribution in [0.1, 0.15) is 5.56 Å². The van der Waals surface area contributed by atoms with E-state index >= 15 is 0 Å². The molecular weight excluding hydrogens is 180 g/mol. The number of aryl methyl sites for hydroxylation is 1. The highest BCUT2D eigenvalue weighted by atomic mass is 16.3. The SMILES string of the molecule is Cc1ccc(N)c(NCC(O)CO)c1. The molecule has 14 heavy (non-hydrogen) atoms. The molecule has 0 saturated carbocycles. The van der Waals surface area contributed by atoms with Crippen molar-refractivity contribution in [2.75, 3.05) is 24.2 Å². The van der Waals surface area contributed by atoms with Gasteiger partial charge in [-0.05, 0) is 24.6 Å². The van der Waals surface area contributed by atoms with Crippen molar-refractivity contribution < 1.29 is 10.2 Å². The van der Waals surface area contributed by atoms with Gasteiger partial charge in [0.1, 0.15) is 0 Å². The first-order chi connectivity index (χ1) is 6.63. The molecule has 1 unspecified atom stereocenters. The minimum Gasteiger partial charge on any atom is -0.397 e. The zero-order valence-electron chi connectivity index (χ0n) is 8.20. The van der Waals surface area contributed by atoms with Crippen LogP contribution in [0.25, 0.3) is 0 Å². The third-order valence-electron chi connectivity index (χ3n) is 1.95. The predicted octanol–water partition coefficient (Wildman–Crippen LogP) is 0.342. The molecule has 5 N–H and O–H groups in total. The number of aliphatic hydroxyl groups excluding tert-OH is 2. The summed E-state index contributed by atoms with van der Waals surface area (Å²) in [6, 6.07) is 5.63. The van der Waals surface area contributed by atoms with Crippen LogP contribution >= 0.6 is 0 Å². The fourth-order valence-corrected chi connectivity index (χ4v) is 1.12. The molecule has 0 aliphatic heterocycles. The fourth-order valence-electron chi connectivity index (χ4n) is 1.12. The van der Waals surface area contributed by atoms with Crippen molar-refractivity contribution in [3.8, 4) is 0 Å². The molecule has 0 aromatic heterocycles. The summed E-state index contributed by atoms with van der Waals surface area (Å²) >= 11 is 0. The Morgan fingerprint density at radius 2 is 2.21 bits per heavy atom.